The second-order valence-corrected chi connectivity index (χ2v) is 9.43. The van der Waals surface area contributed by atoms with E-state index in [1.807, 2.05) is 0 Å². The topological polar surface area (TPSA) is 89.2 Å². The summed E-state index contributed by atoms with van der Waals surface area (Å²) in [5.41, 5.74) is 1.44. The van der Waals surface area contributed by atoms with E-state index in [-0.39, 0.29) is 23.7 Å². The molecule has 0 aliphatic carbocycles. The van der Waals surface area contributed by atoms with Crippen molar-refractivity contribution >= 4 is 40.9 Å². The minimum atomic E-state index is -0.709. The van der Waals surface area contributed by atoms with Gasteiger partial charge in [-0.15, -0.1) is 0 Å². The summed E-state index contributed by atoms with van der Waals surface area (Å²) >= 11 is 12.6. The van der Waals surface area contributed by atoms with E-state index >= 15 is 0 Å². The maximum Gasteiger partial charge on any atom is 0.261 e. The molecular formula is C26H20Cl2FN5O3. The molecule has 3 heterocycles. The molecule has 0 radical (unpaired) electrons. The molecule has 1 aliphatic rings. The van der Waals surface area contributed by atoms with Gasteiger partial charge in [-0.1, -0.05) is 47.5 Å². The van der Waals surface area contributed by atoms with Gasteiger partial charge in [-0.3, -0.25) is 28.5 Å². The monoisotopic (exact) mass is 539 g/mol. The van der Waals surface area contributed by atoms with E-state index in [0.717, 1.165) is 4.90 Å². The highest BCUT2D eigenvalue weighted by Crippen LogP contribution is 2.26. The molecule has 2 aromatic carbocycles. The molecule has 0 saturated heterocycles. The van der Waals surface area contributed by atoms with Gasteiger partial charge in [0.15, 0.2) is 5.82 Å². The van der Waals surface area contributed by atoms with E-state index in [9.17, 15) is 18.8 Å². The SMILES string of the molecule is Cn1ncc(Cl)c1-n1cc(C(=O)N[C@@H](Cc2cccc(F)c2)CN2C(=O)c3ccccc3C2=O)cc1Cl. The molecule has 0 unspecified atom stereocenters. The van der Waals surface area contributed by atoms with Crippen molar-refractivity contribution in [2.24, 2.45) is 7.05 Å². The number of hydrogen-bond acceptors (Lipinski definition) is 4. The van der Waals surface area contributed by atoms with Crippen LogP contribution in [0.2, 0.25) is 10.2 Å². The van der Waals surface area contributed by atoms with E-state index < -0.39 is 29.6 Å². The highest BCUT2D eigenvalue weighted by atomic mass is 35.5. The molecule has 3 amide bonds. The van der Waals surface area contributed by atoms with Crippen molar-refractivity contribution in [2.45, 2.75) is 12.5 Å². The molecule has 1 aliphatic heterocycles. The maximum atomic E-state index is 13.9. The Morgan fingerprint density at radius 3 is 2.38 bits per heavy atom. The van der Waals surface area contributed by atoms with Gasteiger partial charge in [-0.2, -0.15) is 5.10 Å². The molecule has 2 aromatic heterocycles. The lowest BCUT2D eigenvalue weighted by Crippen LogP contribution is -2.46. The Morgan fingerprint density at radius 1 is 1.05 bits per heavy atom. The van der Waals surface area contributed by atoms with Crippen LogP contribution in [0.1, 0.15) is 36.6 Å². The van der Waals surface area contributed by atoms with E-state index in [0.29, 0.717) is 27.5 Å². The lowest BCUT2D eigenvalue weighted by atomic mass is 10.0. The zero-order valence-electron chi connectivity index (χ0n) is 19.5. The standard InChI is InChI=1S/C26H20Cl2FN5O3/c1-32-24(21(27)12-30-32)33-13-16(11-22(33)28)23(35)31-18(10-15-5-4-6-17(29)9-15)14-34-25(36)19-7-2-3-8-20(19)26(34)37/h2-9,11-13,18H,10,14H2,1H3,(H,31,35)/t18-/m0/s1. The Kier molecular flexibility index (Phi) is 6.57. The highest BCUT2D eigenvalue weighted by molar-refractivity contribution is 6.33. The Balaban J connectivity index is 1.42. The van der Waals surface area contributed by atoms with Crippen LogP contribution in [0, 0.1) is 5.82 Å². The van der Waals surface area contributed by atoms with E-state index in [2.05, 4.69) is 10.4 Å². The summed E-state index contributed by atoms with van der Waals surface area (Å²) in [6.07, 6.45) is 3.16. The van der Waals surface area contributed by atoms with Crippen molar-refractivity contribution in [3.8, 4) is 5.82 Å². The van der Waals surface area contributed by atoms with Gasteiger partial charge >= 0.3 is 0 Å². The molecule has 0 bridgehead atoms. The number of halogens is 3. The average Bonchev–Trinajstić information content (AvgIpc) is 3.48. The van der Waals surface area contributed by atoms with Crippen LogP contribution in [0.5, 0.6) is 0 Å². The minimum Gasteiger partial charge on any atom is -0.347 e. The molecule has 1 atom stereocenters. The van der Waals surface area contributed by atoms with Crippen LogP contribution < -0.4 is 5.32 Å². The number of aromatic nitrogens is 3. The number of nitrogens with one attached hydrogen (secondary N) is 1. The smallest absolute Gasteiger partial charge is 0.261 e. The van der Waals surface area contributed by atoms with Gasteiger partial charge in [0.05, 0.1) is 28.9 Å². The summed E-state index contributed by atoms with van der Waals surface area (Å²) in [5, 5.41) is 7.54. The molecular weight excluding hydrogens is 520 g/mol. The predicted octanol–water partition coefficient (Wildman–Crippen LogP) is 4.29. The molecule has 1 N–H and O–H groups in total. The quantitative estimate of drug-likeness (QED) is 0.354. The van der Waals surface area contributed by atoms with Gasteiger partial charge in [-0.25, -0.2) is 4.39 Å². The number of imide groups is 1. The average molecular weight is 540 g/mol. The number of nitrogens with zero attached hydrogens (tertiary/aromatic N) is 4. The van der Waals surface area contributed by atoms with Crippen molar-refractivity contribution in [3.63, 3.8) is 0 Å². The Hall–Kier alpha value is -3.95. The van der Waals surface area contributed by atoms with Gasteiger partial charge in [0, 0.05) is 19.8 Å². The Bertz CT molecular complexity index is 1490. The highest BCUT2D eigenvalue weighted by Gasteiger charge is 2.36. The van der Waals surface area contributed by atoms with Crippen molar-refractivity contribution in [1.29, 1.82) is 0 Å². The second kappa shape index (κ2) is 9.84. The summed E-state index contributed by atoms with van der Waals surface area (Å²) in [5.74, 6) is -1.33. The number of fused-ring (bicyclic) bond motifs is 1. The maximum absolute atomic E-state index is 13.9. The molecule has 0 saturated carbocycles. The van der Waals surface area contributed by atoms with Crippen molar-refractivity contribution in [2.75, 3.05) is 6.54 Å². The fourth-order valence-corrected chi connectivity index (χ4v) is 4.90. The van der Waals surface area contributed by atoms with Gasteiger partial charge < -0.3 is 5.32 Å². The van der Waals surface area contributed by atoms with E-state index in [1.54, 1.807) is 43.4 Å². The fraction of sp³-hybridized carbons (Fsp3) is 0.154. The first kappa shape index (κ1) is 24.7. The van der Waals surface area contributed by atoms with Gasteiger partial charge in [0.25, 0.3) is 17.7 Å². The van der Waals surface area contributed by atoms with Gasteiger partial charge in [0.1, 0.15) is 16.0 Å². The van der Waals surface area contributed by atoms with Crippen molar-refractivity contribution < 1.29 is 18.8 Å². The molecule has 0 fully saturated rings. The van der Waals surface area contributed by atoms with Crippen LogP contribution in [0.15, 0.2) is 67.0 Å². The summed E-state index contributed by atoms with van der Waals surface area (Å²) < 4.78 is 16.9. The normalized spacial score (nSPS) is 13.7. The first-order valence-corrected chi connectivity index (χ1v) is 12.0. The lowest BCUT2D eigenvalue weighted by molar-refractivity contribution is 0.0628. The van der Waals surface area contributed by atoms with Crippen LogP contribution in [-0.4, -0.2) is 49.6 Å². The molecule has 0 spiro atoms. The van der Waals surface area contributed by atoms with Crippen LogP contribution in [0.4, 0.5) is 4.39 Å². The summed E-state index contributed by atoms with van der Waals surface area (Å²) in [4.78, 5) is 40.2. The third-order valence-corrected chi connectivity index (χ3v) is 6.67. The third kappa shape index (κ3) is 4.75. The number of carbonyl (C=O) groups excluding carboxylic acids is 3. The summed E-state index contributed by atoms with van der Waals surface area (Å²) in [6, 6.07) is 13.2. The van der Waals surface area contributed by atoms with Crippen LogP contribution in [-0.2, 0) is 13.5 Å². The molecule has 37 heavy (non-hydrogen) atoms. The van der Waals surface area contributed by atoms with Crippen LogP contribution >= 0.6 is 23.2 Å². The fourth-order valence-electron chi connectivity index (χ4n) is 4.40. The number of amides is 3. The molecule has 4 aromatic rings. The van der Waals surface area contributed by atoms with Crippen molar-refractivity contribution in [1.82, 2.24) is 24.6 Å². The minimum absolute atomic E-state index is 0.101. The molecule has 8 nitrogen and oxygen atoms in total. The largest absolute Gasteiger partial charge is 0.347 e. The second-order valence-electron chi connectivity index (χ2n) is 8.63. The number of rotatable bonds is 7. The zero-order valence-corrected chi connectivity index (χ0v) is 21.0. The van der Waals surface area contributed by atoms with E-state index in [4.69, 9.17) is 23.2 Å². The number of benzene rings is 2. The van der Waals surface area contributed by atoms with Gasteiger partial charge in [-0.05, 0) is 42.3 Å². The molecule has 188 valence electrons. The predicted molar refractivity (Wildman–Crippen MR) is 136 cm³/mol. The summed E-state index contributed by atoms with van der Waals surface area (Å²) in [6.45, 7) is -0.101. The van der Waals surface area contributed by atoms with Crippen LogP contribution in [0.25, 0.3) is 5.82 Å². The van der Waals surface area contributed by atoms with Crippen molar-refractivity contribution in [3.05, 3.63) is 105 Å². The Morgan fingerprint density at radius 2 is 1.76 bits per heavy atom. The van der Waals surface area contributed by atoms with E-state index in [1.165, 1.54) is 39.8 Å². The molecule has 5 rings (SSSR count). The molecule has 11 heteroatoms. The first-order chi connectivity index (χ1) is 17.7. The van der Waals surface area contributed by atoms with Crippen LogP contribution in [0.3, 0.4) is 0 Å². The number of aryl methyl sites for hydroxylation is 1. The first-order valence-electron chi connectivity index (χ1n) is 11.3. The zero-order chi connectivity index (χ0) is 26.3. The number of hydrogen-bond donors (Lipinski definition) is 1. The lowest BCUT2D eigenvalue weighted by Gasteiger charge is -2.24. The third-order valence-electron chi connectivity index (χ3n) is 6.12. The van der Waals surface area contributed by atoms with Gasteiger partial charge in [0.2, 0.25) is 0 Å². The number of carbonyl (C=O) groups is 3. The Labute approximate surface area is 221 Å². The summed E-state index contributed by atoms with van der Waals surface area (Å²) in [7, 11) is 1.69.